The molecule has 2 heterocycles. The SMILES string of the molecule is NC(N)=NCCC[C@H](NC(=O)[C@H](COC=O)CC(=O)CCCCn1cc(CCCC(=O)Nc2nnc(S(N)(=O)=O)s2)nn1)C(=O)C[C@@H](COC=O)C(=O)N[C@H](O)CS. The zero-order valence-electron chi connectivity index (χ0n) is 31.3. The number of aryl methyl sites for hydroxylation is 2. The zero-order valence-corrected chi connectivity index (χ0v) is 33.8. The molecule has 2 aromatic rings. The maximum Gasteiger partial charge on any atom is 0.293 e. The monoisotopic (exact) mass is 876 g/mol. The summed E-state index contributed by atoms with van der Waals surface area (Å²) in [6.45, 7) is -0.236. The Labute approximate surface area is 342 Å². The minimum atomic E-state index is -4.03. The van der Waals surface area contributed by atoms with Gasteiger partial charge < -0.3 is 42.0 Å². The number of aromatic nitrogens is 5. The highest BCUT2D eigenvalue weighted by molar-refractivity contribution is 7.91. The Bertz CT molecular complexity index is 1820. The standard InChI is InChI=1S/C31H48N12O12S3/c32-29(33)35-9-4-7-23(24(47)12-20(15-55-18-45)28(51)37-26(49)16-56)36-27(50)19(14-54-17-44)11-22(46)6-1-2-10-43-13-21(39-42-43)5-3-8-25(48)38-30-40-41-31(57-30)58(34,52)53/h13,17-20,23,26,49,56H,1-12,14-16H2,(H,36,50)(H,37,51)(H4,32,33,35)(H2,34,52,53)(H,38,40,48)/t19-,20-,23-,26+/m0/s1. The number of ketones is 2. The van der Waals surface area contributed by atoms with Crippen LogP contribution in [0.5, 0.6) is 0 Å². The van der Waals surface area contributed by atoms with E-state index in [0.717, 1.165) is 0 Å². The van der Waals surface area contributed by atoms with Crippen molar-refractivity contribution < 1.29 is 56.6 Å². The number of carbonyl (C=O) groups is 7. The first-order valence-electron chi connectivity index (χ1n) is 17.7. The Morgan fingerprint density at radius 3 is 2.24 bits per heavy atom. The van der Waals surface area contributed by atoms with Gasteiger partial charge in [0.25, 0.3) is 23.0 Å². The maximum absolute atomic E-state index is 13.5. The van der Waals surface area contributed by atoms with Gasteiger partial charge in [-0.25, -0.2) is 13.6 Å². The molecule has 3 amide bonds. The van der Waals surface area contributed by atoms with E-state index in [1.54, 1.807) is 10.9 Å². The van der Waals surface area contributed by atoms with E-state index in [-0.39, 0.29) is 74.2 Å². The number of amides is 3. The molecule has 10 N–H and O–H groups in total. The number of unbranched alkanes of at least 4 members (excludes halogenated alkanes) is 1. The van der Waals surface area contributed by atoms with Crippen LogP contribution in [0.4, 0.5) is 5.13 Å². The molecule has 0 aromatic carbocycles. The Balaban J connectivity index is 1.92. The quantitative estimate of drug-likeness (QED) is 0.00727. The number of hydrogen-bond donors (Lipinski definition) is 8. The summed E-state index contributed by atoms with van der Waals surface area (Å²) < 4.78 is 33.3. The number of rotatable bonds is 31. The average Bonchev–Trinajstić information content (AvgIpc) is 3.84. The smallest absolute Gasteiger partial charge is 0.293 e. The second kappa shape index (κ2) is 26.0. The van der Waals surface area contributed by atoms with Gasteiger partial charge in [-0.15, -0.1) is 15.3 Å². The number of thiol groups is 1. The highest BCUT2D eigenvalue weighted by Gasteiger charge is 2.31. The highest BCUT2D eigenvalue weighted by Crippen LogP contribution is 2.19. The predicted molar refractivity (Wildman–Crippen MR) is 207 cm³/mol. The number of hydrogen-bond acceptors (Lipinski definition) is 19. The lowest BCUT2D eigenvalue weighted by atomic mass is 9.94. The molecule has 0 aliphatic heterocycles. The van der Waals surface area contributed by atoms with Crippen LogP contribution < -0.4 is 32.6 Å². The summed E-state index contributed by atoms with van der Waals surface area (Å²) in [5, 5.41) is 37.2. The van der Waals surface area contributed by atoms with Crippen LogP contribution in [0.15, 0.2) is 15.5 Å². The van der Waals surface area contributed by atoms with Crippen molar-refractivity contribution in [3.8, 4) is 0 Å². The number of nitrogens with zero attached hydrogens (tertiary/aromatic N) is 6. The Morgan fingerprint density at radius 2 is 1.62 bits per heavy atom. The maximum atomic E-state index is 13.5. The third-order valence-electron chi connectivity index (χ3n) is 7.94. The summed E-state index contributed by atoms with van der Waals surface area (Å²) in [6, 6.07) is -1.21. The van der Waals surface area contributed by atoms with E-state index in [1.165, 1.54) is 0 Å². The molecule has 58 heavy (non-hydrogen) atoms. The molecule has 322 valence electrons. The summed E-state index contributed by atoms with van der Waals surface area (Å²) in [5.74, 6) is -5.64. The summed E-state index contributed by atoms with van der Waals surface area (Å²) in [7, 11) is -4.03. The van der Waals surface area contributed by atoms with Crippen LogP contribution in [0.25, 0.3) is 0 Å². The van der Waals surface area contributed by atoms with Gasteiger partial charge in [-0.2, -0.15) is 12.6 Å². The molecular formula is C31H48N12O12S3. The molecule has 24 nitrogen and oxygen atoms in total. The topological polar surface area (TPSA) is 375 Å². The lowest BCUT2D eigenvalue weighted by molar-refractivity contribution is -0.139. The number of nitrogens with one attached hydrogen (secondary N) is 3. The van der Waals surface area contributed by atoms with Crippen molar-refractivity contribution in [1.29, 1.82) is 0 Å². The highest BCUT2D eigenvalue weighted by atomic mass is 32.2. The van der Waals surface area contributed by atoms with Gasteiger partial charge in [0.1, 0.15) is 25.2 Å². The van der Waals surface area contributed by atoms with E-state index in [0.29, 0.717) is 49.3 Å². The normalized spacial score (nSPS) is 13.2. The number of aliphatic imine (C=N–C) groups is 1. The molecule has 0 aliphatic carbocycles. The lowest BCUT2D eigenvalue weighted by Crippen LogP contribution is -2.47. The zero-order chi connectivity index (χ0) is 43.1. The van der Waals surface area contributed by atoms with E-state index in [1.807, 2.05) is 0 Å². The van der Waals surface area contributed by atoms with E-state index < -0.39 is 81.6 Å². The number of Topliss-reactive ketones (excluding diaryl/α,β-unsaturated/α-hetero) is 2. The molecule has 0 saturated carbocycles. The predicted octanol–water partition coefficient (Wildman–Crippen LogP) is -2.69. The Morgan fingerprint density at radius 1 is 0.948 bits per heavy atom. The first-order valence-corrected chi connectivity index (χ1v) is 20.7. The van der Waals surface area contributed by atoms with Crippen molar-refractivity contribution in [2.45, 2.75) is 87.4 Å². The van der Waals surface area contributed by atoms with Crippen molar-refractivity contribution in [2.24, 2.45) is 33.4 Å². The molecule has 0 aliphatic rings. The molecule has 0 bridgehead atoms. The molecular weight excluding hydrogens is 829 g/mol. The first kappa shape index (κ1) is 49.0. The van der Waals surface area contributed by atoms with Crippen LogP contribution >= 0.6 is 24.0 Å². The molecule has 0 unspecified atom stereocenters. The van der Waals surface area contributed by atoms with E-state index in [9.17, 15) is 47.1 Å². The first-order chi connectivity index (χ1) is 27.6. The van der Waals surface area contributed by atoms with Gasteiger partial charge in [-0.3, -0.25) is 43.2 Å². The largest absolute Gasteiger partial charge is 0.467 e. The van der Waals surface area contributed by atoms with Crippen LogP contribution in [0.2, 0.25) is 0 Å². The third kappa shape index (κ3) is 19.4. The summed E-state index contributed by atoms with van der Waals surface area (Å²) in [5.41, 5.74) is 11.4. The molecule has 2 aromatic heterocycles. The fourth-order valence-corrected chi connectivity index (χ4v) is 6.55. The van der Waals surface area contributed by atoms with Crippen LogP contribution in [0.1, 0.15) is 63.5 Å². The van der Waals surface area contributed by atoms with Crippen LogP contribution in [-0.4, -0.2) is 125 Å². The molecule has 27 heteroatoms. The minimum Gasteiger partial charge on any atom is -0.467 e. The van der Waals surface area contributed by atoms with Gasteiger partial charge >= 0.3 is 0 Å². The number of guanidine groups is 1. The van der Waals surface area contributed by atoms with Gasteiger partial charge in [0.2, 0.25) is 27.2 Å². The van der Waals surface area contributed by atoms with Gasteiger partial charge in [0.05, 0.1) is 23.6 Å². The Kier molecular flexibility index (Phi) is 22.0. The van der Waals surface area contributed by atoms with Crippen LogP contribution in [0, 0.1) is 11.8 Å². The lowest BCUT2D eigenvalue weighted by Gasteiger charge is -2.23. The molecule has 0 radical (unpaired) electrons. The average molecular weight is 877 g/mol. The molecule has 4 atom stereocenters. The molecule has 0 spiro atoms. The second-order valence-electron chi connectivity index (χ2n) is 12.6. The number of aliphatic hydroxyl groups is 1. The number of ether oxygens (including phenoxy) is 2. The van der Waals surface area contributed by atoms with Crippen molar-refractivity contribution in [2.75, 3.05) is 30.8 Å². The number of aliphatic hydroxyl groups excluding tert-OH is 1. The van der Waals surface area contributed by atoms with Crippen molar-refractivity contribution in [1.82, 2.24) is 35.8 Å². The number of anilines is 1. The second-order valence-corrected chi connectivity index (χ2v) is 15.7. The van der Waals surface area contributed by atoms with E-state index >= 15 is 0 Å². The summed E-state index contributed by atoms with van der Waals surface area (Å²) in [4.78, 5) is 90.4. The Hall–Kier alpha value is -5.12. The molecule has 2 rings (SSSR count). The summed E-state index contributed by atoms with van der Waals surface area (Å²) in [6.07, 6.45) is 1.67. The number of nitrogens with two attached hydrogens (primary N) is 3. The molecule has 0 fully saturated rings. The fraction of sp³-hybridized carbons (Fsp3) is 0.613. The van der Waals surface area contributed by atoms with Crippen LogP contribution in [0.3, 0.4) is 0 Å². The number of sulfonamides is 1. The van der Waals surface area contributed by atoms with Crippen molar-refractivity contribution >= 4 is 87.3 Å². The minimum absolute atomic E-state index is 0.000265. The van der Waals surface area contributed by atoms with Crippen molar-refractivity contribution in [3.63, 3.8) is 0 Å². The summed E-state index contributed by atoms with van der Waals surface area (Å²) >= 11 is 4.52. The molecule has 0 saturated heterocycles. The van der Waals surface area contributed by atoms with Gasteiger partial charge in [-0.1, -0.05) is 16.6 Å². The van der Waals surface area contributed by atoms with Crippen molar-refractivity contribution in [3.05, 3.63) is 11.9 Å². The van der Waals surface area contributed by atoms with E-state index in [2.05, 4.69) is 54.1 Å². The fourth-order valence-electron chi connectivity index (χ4n) is 5.11. The van der Waals surface area contributed by atoms with Gasteiger partial charge in [0.15, 0.2) is 11.7 Å². The van der Waals surface area contributed by atoms with Gasteiger partial charge in [-0.05, 0) is 38.5 Å². The number of primary sulfonamides is 1. The van der Waals surface area contributed by atoms with Gasteiger partial charge in [0, 0.05) is 50.7 Å². The van der Waals surface area contributed by atoms with Crippen LogP contribution in [-0.2, 0) is 66.0 Å². The third-order valence-corrected chi connectivity index (χ3v) is 10.4. The number of carbonyl (C=O) groups excluding carboxylic acids is 7. The van der Waals surface area contributed by atoms with E-state index in [4.69, 9.17) is 26.1 Å².